The molecule has 1 aliphatic rings. The number of piperidine rings is 1. The molecule has 6 nitrogen and oxygen atoms in total. The van der Waals surface area contributed by atoms with Gasteiger partial charge in [0.25, 0.3) is 5.69 Å². The van der Waals surface area contributed by atoms with Crippen LogP contribution >= 0.6 is 23.2 Å². The number of nitro groups is 1. The zero-order valence-corrected chi connectivity index (χ0v) is 14.2. The van der Waals surface area contributed by atoms with E-state index in [1.807, 2.05) is 0 Å². The van der Waals surface area contributed by atoms with Crippen LogP contribution in [0.4, 0.5) is 5.69 Å². The minimum Gasteiger partial charge on any atom is -0.393 e. The van der Waals surface area contributed by atoms with E-state index in [1.165, 1.54) is 31.4 Å². The number of oxime groups is 1. The molecule has 126 valence electrons. The summed E-state index contributed by atoms with van der Waals surface area (Å²) in [5.41, 5.74) is 0.388. The zero-order chi connectivity index (χ0) is 16.7. The molecule has 0 aliphatic carbocycles. The van der Waals surface area contributed by atoms with Gasteiger partial charge >= 0.3 is 0 Å². The van der Waals surface area contributed by atoms with Gasteiger partial charge in [0.15, 0.2) is 5.17 Å². The average molecular weight is 360 g/mol. The molecule has 23 heavy (non-hydrogen) atoms. The number of likely N-dealkylation sites (tertiary alicyclic amines) is 1. The van der Waals surface area contributed by atoms with Gasteiger partial charge in [-0.2, -0.15) is 0 Å². The number of hydrogen-bond acceptors (Lipinski definition) is 5. The molecular weight excluding hydrogens is 341 g/mol. The van der Waals surface area contributed by atoms with E-state index >= 15 is 0 Å². The third-order valence-electron chi connectivity index (χ3n) is 3.60. The maximum atomic E-state index is 10.7. The third kappa shape index (κ3) is 5.97. The molecule has 1 aromatic rings. The van der Waals surface area contributed by atoms with E-state index < -0.39 is 4.92 Å². The Balaban J connectivity index is 1.82. The van der Waals surface area contributed by atoms with Gasteiger partial charge in [-0.3, -0.25) is 10.1 Å². The lowest BCUT2D eigenvalue weighted by Gasteiger charge is -2.27. The number of nitro benzene ring substituents is 1. The number of rotatable bonds is 7. The van der Waals surface area contributed by atoms with E-state index in [2.05, 4.69) is 10.1 Å². The number of nitrogens with zero attached hydrogens (tertiary/aromatic N) is 3. The molecule has 1 unspecified atom stereocenters. The number of halogens is 2. The van der Waals surface area contributed by atoms with Gasteiger partial charge < -0.3 is 9.74 Å². The highest BCUT2D eigenvalue weighted by Crippen LogP contribution is 2.16. The fourth-order valence-corrected chi connectivity index (χ4v) is 2.87. The highest BCUT2D eigenvalue weighted by Gasteiger charge is 2.15. The first kappa shape index (κ1) is 18.0. The van der Waals surface area contributed by atoms with Crippen molar-refractivity contribution in [1.29, 1.82) is 0 Å². The van der Waals surface area contributed by atoms with Gasteiger partial charge in [-0.25, -0.2) is 0 Å². The highest BCUT2D eigenvalue weighted by atomic mass is 35.5. The second-order valence-corrected chi connectivity index (χ2v) is 6.42. The molecule has 0 radical (unpaired) electrons. The van der Waals surface area contributed by atoms with E-state index in [0.717, 1.165) is 19.6 Å². The molecule has 1 aromatic carbocycles. The van der Waals surface area contributed by atoms with Crippen molar-refractivity contribution in [3.63, 3.8) is 0 Å². The smallest absolute Gasteiger partial charge is 0.270 e. The van der Waals surface area contributed by atoms with Crippen LogP contribution in [-0.2, 0) is 4.84 Å². The fourth-order valence-electron chi connectivity index (χ4n) is 2.45. The van der Waals surface area contributed by atoms with Crippen LogP contribution in [-0.4, -0.2) is 46.6 Å². The van der Waals surface area contributed by atoms with E-state index in [0.29, 0.717) is 5.56 Å². The first-order valence-electron chi connectivity index (χ1n) is 7.53. The molecule has 1 atom stereocenters. The van der Waals surface area contributed by atoms with Gasteiger partial charge in [0.1, 0.15) is 6.61 Å². The van der Waals surface area contributed by atoms with E-state index in [-0.39, 0.29) is 22.8 Å². The molecule has 1 saturated heterocycles. The largest absolute Gasteiger partial charge is 0.393 e. The van der Waals surface area contributed by atoms with Gasteiger partial charge in [0, 0.05) is 24.2 Å². The van der Waals surface area contributed by atoms with Gasteiger partial charge in [-0.15, -0.1) is 11.6 Å². The number of benzene rings is 1. The van der Waals surface area contributed by atoms with Crippen LogP contribution in [0.1, 0.15) is 24.8 Å². The second kappa shape index (κ2) is 9.05. The lowest BCUT2D eigenvalue weighted by atomic mass is 10.1. The molecule has 0 amide bonds. The van der Waals surface area contributed by atoms with Crippen molar-refractivity contribution < 1.29 is 9.76 Å². The van der Waals surface area contributed by atoms with E-state index in [1.54, 1.807) is 12.1 Å². The quantitative estimate of drug-likeness (QED) is 0.322. The Bertz CT molecular complexity index is 563. The Hall–Kier alpha value is -1.37. The molecule has 0 saturated carbocycles. The summed E-state index contributed by atoms with van der Waals surface area (Å²) in [6.45, 7) is 3.14. The molecule has 2 rings (SSSR count). The van der Waals surface area contributed by atoms with Gasteiger partial charge in [0.2, 0.25) is 0 Å². The molecule has 0 N–H and O–H groups in total. The topological polar surface area (TPSA) is 68.0 Å². The molecular formula is C15H19Cl2N3O3. The van der Waals surface area contributed by atoms with Crippen LogP contribution in [0.5, 0.6) is 0 Å². The van der Waals surface area contributed by atoms with Crippen molar-refractivity contribution in [2.24, 2.45) is 5.16 Å². The Morgan fingerprint density at radius 3 is 2.83 bits per heavy atom. The van der Waals surface area contributed by atoms with Gasteiger partial charge in [-0.1, -0.05) is 35.3 Å². The summed E-state index contributed by atoms with van der Waals surface area (Å²) < 4.78 is 0. The standard InChI is InChI=1S/C15H19Cl2N3O3/c16-13(10-19-7-2-1-3-8-19)11-23-18-15(17)12-5-4-6-14(9-12)20(21)22/h4-6,9,13H,1-3,7-8,10-11H2. The van der Waals surface area contributed by atoms with Crippen molar-refractivity contribution in [2.45, 2.75) is 24.6 Å². The highest BCUT2D eigenvalue weighted by molar-refractivity contribution is 6.69. The maximum absolute atomic E-state index is 10.7. The molecule has 0 aromatic heterocycles. The molecule has 1 fully saturated rings. The Kier molecular flexibility index (Phi) is 7.08. The van der Waals surface area contributed by atoms with Crippen molar-refractivity contribution in [3.8, 4) is 0 Å². The predicted octanol–water partition coefficient (Wildman–Crippen LogP) is 3.61. The number of alkyl halides is 1. The fraction of sp³-hybridized carbons (Fsp3) is 0.533. The van der Waals surface area contributed by atoms with Crippen LogP contribution in [0, 0.1) is 10.1 Å². The van der Waals surface area contributed by atoms with Crippen molar-refractivity contribution in [3.05, 3.63) is 39.9 Å². The van der Waals surface area contributed by atoms with Crippen molar-refractivity contribution in [1.82, 2.24) is 4.90 Å². The zero-order valence-electron chi connectivity index (χ0n) is 12.7. The molecule has 0 spiro atoms. The van der Waals surface area contributed by atoms with Crippen LogP contribution in [0.25, 0.3) is 0 Å². The summed E-state index contributed by atoms with van der Waals surface area (Å²) in [7, 11) is 0. The van der Waals surface area contributed by atoms with Gasteiger partial charge in [-0.05, 0) is 25.9 Å². The average Bonchev–Trinajstić information content (AvgIpc) is 2.55. The summed E-state index contributed by atoms with van der Waals surface area (Å²) in [6.07, 6.45) is 3.70. The van der Waals surface area contributed by atoms with Crippen molar-refractivity contribution in [2.75, 3.05) is 26.2 Å². The third-order valence-corrected chi connectivity index (χ3v) is 4.15. The normalized spacial score (nSPS) is 17.7. The van der Waals surface area contributed by atoms with Gasteiger partial charge in [0.05, 0.1) is 10.3 Å². The van der Waals surface area contributed by atoms with E-state index in [9.17, 15) is 10.1 Å². The molecule has 1 aliphatic heterocycles. The summed E-state index contributed by atoms with van der Waals surface area (Å²) in [4.78, 5) is 17.8. The molecule has 0 bridgehead atoms. The maximum Gasteiger partial charge on any atom is 0.270 e. The summed E-state index contributed by atoms with van der Waals surface area (Å²) in [5.74, 6) is 0. The van der Waals surface area contributed by atoms with E-state index in [4.69, 9.17) is 28.0 Å². The summed E-state index contributed by atoms with van der Waals surface area (Å²) in [5, 5.41) is 14.4. The first-order chi connectivity index (χ1) is 11.1. The van der Waals surface area contributed by atoms with Crippen LogP contribution in [0.3, 0.4) is 0 Å². The van der Waals surface area contributed by atoms with Crippen molar-refractivity contribution >= 4 is 34.1 Å². The second-order valence-electron chi connectivity index (χ2n) is 5.44. The molecule has 8 heteroatoms. The predicted molar refractivity (Wildman–Crippen MR) is 91.4 cm³/mol. The minimum atomic E-state index is -0.484. The minimum absolute atomic E-state index is 0.0452. The lowest BCUT2D eigenvalue weighted by Crippen LogP contribution is -2.35. The number of hydrogen-bond donors (Lipinski definition) is 0. The Morgan fingerprint density at radius 2 is 2.13 bits per heavy atom. The monoisotopic (exact) mass is 359 g/mol. The SMILES string of the molecule is O=[N+]([O-])c1cccc(C(Cl)=NOCC(Cl)CN2CCCCC2)c1. The lowest BCUT2D eigenvalue weighted by molar-refractivity contribution is -0.384. The summed E-state index contributed by atoms with van der Waals surface area (Å²) >= 11 is 12.2. The summed E-state index contributed by atoms with van der Waals surface area (Å²) in [6, 6.07) is 5.92. The van der Waals surface area contributed by atoms with Crippen LogP contribution < -0.4 is 0 Å². The van der Waals surface area contributed by atoms with Crippen LogP contribution in [0.15, 0.2) is 29.4 Å². The molecule has 1 heterocycles. The first-order valence-corrected chi connectivity index (χ1v) is 8.34. The Morgan fingerprint density at radius 1 is 1.39 bits per heavy atom. The Labute approximate surface area is 145 Å². The van der Waals surface area contributed by atoms with Crippen LogP contribution in [0.2, 0.25) is 0 Å². The number of non-ortho nitro benzene ring substituents is 1.